The van der Waals surface area contributed by atoms with Crippen LogP contribution in [0, 0.1) is 13.3 Å². The van der Waals surface area contributed by atoms with E-state index in [2.05, 4.69) is 17.7 Å². The largest absolute Gasteiger partial charge is 0.473 e. The summed E-state index contributed by atoms with van der Waals surface area (Å²) >= 11 is 0. The van der Waals surface area contributed by atoms with Crippen LogP contribution < -0.4 is 0 Å². The smallest absolute Gasteiger partial charge is 0.0902 e. The van der Waals surface area contributed by atoms with Crippen LogP contribution >= 0.6 is 0 Å². The normalized spacial score (nSPS) is 11.2. The maximum absolute atomic E-state index is 9.75. The fourth-order valence-electron chi connectivity index (χ4n) is 1.11. The summed E-state index contributed by atoms with van der Waals surface area (Å²) in [4.78, 5) is 0. The van der Waals surface area contributed by atoms with Crippen molar-refractivity contribution in [3.8, 4) is 0 Å². The summed E-state index contributed by atoms with van der Waals surface area (Å²) in [6.07, 6.45) is 10.8. The third kappa shape index (κ3) is 53.6. The molecule has 0 aromatic carbocycles. The number of hydrogen-bond acceptors (Lipinski definition) is 1. The van der Waals surface area contributed by atoms with E-state index >= 15 is 0 Å². The SMILES string of the molecule is C1CCCC1.F[B-](F)(F)F.[C-]#[O+].[C-]#[O+].[Fe].c1ccoc1. The van der Waals surface area contributed by atoms with E-state index in [1.165, 1.54) is 32.1 Å². The van der Waals surface area contributed by atoms with Gasteiger partial charge in [-0.25, -0.2) is 0 Å². The second kappa shape index (κ2) is 23.2. The number of rotatable bonds is 0. The quantitative estimate of drug-likeness (QED) is 0.299. The van der Waals surface area contributed by atoms with E-state index in [-0.39, 0.29) is 17.1 Å². The molecule has 0 unspecified atom stereocenters. The zero-order chi connectivity index (χ0) is 15.6. The first-order chi connectivity index (χ1) is 9.00. The van der Waals surface area contributed by atoms with Crippen molar-refractivity contribution in [3.63, 3.8) is 0 Å². The molecule has 1 heterocycles. The Morgan fingerprint density at radius 3 is 1.05 bits per heavy atom. The second-order valence-corrected chi connectivity index (χ2v) is 3.06. The van der Waals surface area contributed by atoms with Crippen molar-refractivity contribution < 1.29 is 48.1 Å². The van der Waals surface area contributed by atoms with Crippen LogP contribution in [0.3, 0.4) is 0 Å². The molecule has 1 aromatic heterocycles. The second-order valence-electron chi connectivity index (χ2n) is 3.06. The molecule has 0 spiro atoms. The van der Waals surface area contributed by atoms with Crippen LogP contribution in [0.5, 0.6) is 0 Å². The molecule has 0 bridgehead atoms. The minimum atomic E-state index is -6.00. The Labute approximate surface area is 126 Å². The van der Waals surface area contributed by atoms with Crippen molar-refractivity contribution in [1.82, 2.24) is 0 Å². The maximum Gasteiger partial charge on any atom is 0.0902 e. The summed E-state index contributed by atoms with van der Waals surface area (Å²) in [7, 11) is -6.00. The van der Waals surface area contributed by atoms with Crippen molar-refractivity contribution >= 4 is 7.25 Å². The summed E-state index contributed by atoms with van der Waals surface area (Å²) in [5, 5.41) is 0. The Bertz CT molecular complexity index is 248. The number of hydrogen-bond donors (Lipinski definition) is 0. The van der Waals surface area contributed by atoms with Gasteiger partial charge in [0, 0.05) is 17.1 Å². The Balaban J connectivity index is -0.0000000836. The average molecular weight is 337 g/mol. The molecule has 9 heteroatoms. The first-order valence-corrected chi connectivity index (χ1v) is 5.25. The maximum atomic E-state index is 9.75. The van der Waals surface area contributed by atoms with Gasteiger partial charge < -0.3 is 21.7 Å². The van der Waals surface area contributed by atoms with E-state index in [1.807, 2.05) is 12.1 Å². The molecule has 0 radical (unpaired) electrons. The third-order valence-corrected chi connectivity index (χ3v) is 1.68. The molecule has 0 N–H and O–H groups in total. The first-order valence-electron chi connectivity index (χ1n) is 5.25. The van der Waals surface area contributed by atoms with Crippen molar-refractivity contribution in [2.45, 2.75) is 32.1 Å². The van der Waals surface area contributed by atoms with Crippen molar-refractivity contribution in [2.75, 3.05) is 0 Å². The minimum Gasteiger partial charge on any atom is -0.473 e. The van der Waals surface area contributed by atoms with E-state index in [4.69, 9.17) is 9.30 Å². The molecule has 3 nitrogen and oxygen atoms in total. The van der Waals surface area contributed by atoms with E-state index < -0.39 is 7.25 Å². The van der Waals surface area contributed by atoms with Gasteiger partial charge in [0.05, 0.1) is 12.5 Å². The Kier molecular flexibility index (Phi) is 31.8. The van der Waals surface area contributed by atoms with Gasteiger partial charge in [-0.1, -0.05) is 32.1 Å². The van der Waals surface area contributed by atoms with E-state index in [0.29, 0.717) is 0 Å². The Morgan fingerprint density at radius 2 is 0.950 bits per heavy atom. The van der Waals surface area contributed by atoms with Gasteiger partial charge in [-0.3, -0.25) is 0 Å². The van der Waals surface area contributed by atoms with Crippen LogP contribution in [0.4, 0.5) is 17.3 Å². The predicted molar refractivity (Wildman–Crippen MR) is 59.8 cm³/mol. The molecule has 0 saturated heterocycles. The van der Waals surface area contributed by atoms with Gasteiger partial charge in [0.2, 0.25) is 0 Å². The molecule has 1 aliphatic carbocycles. The van der Waals surface area contributed by atoms with Gasteiger partial charge in [0.25, 0.3) is 0 Å². The molecule has 0 amide bonds. The van der Waals surface area contributed by atoms with Crippen LogP contribution in [0.15, 0.2) is 29.1 Å². The fourth-order valence-corrected chi connectivity index (χ4v) is 1.11. The van der Waals surface area contributed by atoms with Gasteiger partial charge in [-0.2, -0.15) is 0 Å². The van der Waals surface area contributed by atoms with E-state index in [9.17, 15) is 17.3 Å². The molecule has 0 atom stereocenters. The Morgan fingerprint density at radius 1 is 0.750 bits per heavy atom. The third-order valence-electron chi connectivity index (χ3n) is 1.68. The van der Waals surface area contributed by atoms with Gasteiger partial charge in [-0.15, -0.1) is 0 Å². The van der Waals surface area contributed by atoms with E-state index in [0.717, 1.165) is 0 Å². The standard InChI is InChI=1S/C5H10.C4H4O.2CO.BF4.Fe/c2*1-2-4-5-3-1;2*1-2;2-1(3,4)5;/h1-5H2;1-4H;;;;/q;;;;-1;. The van der Waals surface area contributed by atoms with Crippen molar-refractivity contribution in [1.29, 1.82) is 0 Å². The predicted octanol–water partition coefficient (Wildman–Crippen LogP) is 4.45. The van der Waals surface area contributed by atoms with Crippen LogP contribution in [-0.2, 0) is 26.4 Å². The molecule has 0 aliphatic heterocycles. The van der Waals surface area contributed by atoms with Crippen LogP contribution in [0.1, 0.15) is 32.1 Å². The summed E-state index contributed by atoms with van der Waals surface area (Å²) in [5.41, 5.74) is 0. The molecular weight excluding hydrogens is 323 g/mol. The molecule has 20 heavy (non-hydrogen) atoms. The number of halogens is 4. The molecule has 116 valence electrons. The molecule has 1 aromatic rings. The van der Waals surface area contributed by atoms with Crippen molar-refractivity contribution in [2.24, 2.45) is 0 Å². The van der Waals surface area contributed by atoms with Gasteiger partial charge in [-0.05, 0) is 12.1 Å². The summed E-state index contributed by atoms with van der Waals surface area (Å²) in [6.45, 7) is 9.00. The molecular formula is C11H14BF4FeO3-. The summed E-state index contributed by atoms with van der Waals surface area (Å²) in [6, 6.07) is 3.67. The topological polar surface area (TPSA) is 52.9 Å². The first kappa shape index (κ1) is 27.4. The zero-order valence-corrected chi connectivity index (χ0v) is 11.6. The van der Waals surface area contributed by atoms with Gasteiger partial charge in [0.1, 0.15) is 0 Å². The van der Waals surface area contributed by atoms with Gasteiger partial charge >= 0.3 is 29.9 Å². The molecule has 1 saturated carbocycles. The number of furan rings is 1. The van der Waals surface area contributed by atoms with Crippen LogP contribution in [-0.4, -0.2) is 7.25 Å². The van der Waals surface area contributed by atoms with Crippen LogP contribution in [0.25, 0.3) is 0 Å². The van der Waals surface area contributed by atoms with Crippen LogP contribution in [0.2, 0.25) is 0 Å². The molecule has 1 aliphatic rings. The van der Waals surface area contributed by atoms with E-state index in [1.54, 1.807) is 12.5 Å². The summed E-state index contributed by atoms with van der Waals surface area (Å²) in [5.74, 6) is 0. The van der Waals surface area contributed by atoms with Gasteiger partial charge in [0.15, 0.2) is 0 Å². The zero-order valence-electron chi connectivity index (χ0n) is 10.5. The summed E-state index contributed by atoms with van der Waals surface area (Å²) < 4.78 is 58.6. The monoisotopic (exact) mass is 337 g/mol. The van der Waals surface area contributed by atoms with Crippen molar-refractivity contribution in [3.05, 3.63) is 38.0 Å². The fraction of sp³-hybridized carbons (Fsp3) is 0.455. The minimum absolute atomic E-state index is 0. The average Bonchev–Trinajstić information content (AvgIpc) is 3.10. The molecule has 2 rings (SSSR count). The molecule has 1 fully saturated rings. The Hall–Kier alpha value is -0.936.